The van der Waals surface area contributed by atoms with Gasteiger partial charge in [-0.15, -0.1) is 0 Å². The number of carbonyl (C=O) groups is 2. The molecule has 1 unspecified atom stereocenters. The number of halogens is 9. The number of aromatic nitrogens is 2. The van der Waals surface area contributed by atoms with Crippen LogP contribution in [0.15, 0.2) is 47.3 Å². The number of alkyl halides is 6. The van der Waals surface area contributed by atoms with Gasteiger partial charge >= 0.3 is 18.0 Å². The Hall–Kier alpha value is -4.26. The van der Waals surface area contributed by atoms with Gasteiger partial charge in [0.25, 0.3) is 11.8 Å². The van der Waals surface area contributed by atoms with Crippen molar-refractivity contribution in [1.29, 1.82) is 0 Å². The van der Waals surface area contributed by atoms with Crippen molar-refractivity contribution < 1.29 is 54.6 Å². The smallest absolute Gasteiger partial charge is 0.363 e. The van der Waals surface area contributed by atoms with Gasteiger partial charge in [0.15, 0.2) is 5.72 Å². The summed E-state index contributed by atoms with van der Waals surface area (Å²) in [6.07, 6.45) is -10.1. The first-order valence-electron chi connectivity index (χ1n) is 14.6. The number of aliphatic hydroxyl groups is 1. The molecule has 0 aliphatic carbocycles. The molecule has 9 nitrogen and oxygen atoms in total. The number of imidazole rings is 1. The molecule has 19 heteroatoms. The van der Waals surface area contributed by atoms with E-state index in [9.17, 15) is 54.6 Å². The number of anilines is 1. The van der Waals surface area contributed by atoms with Crippen molar-refractivity contribution in [3.63, 3.8) is 0 Å². The van der Waals surface area contributed by atoms with Crippen molar-refractivity contribution >= 4 is 48.2 Å². The molecule has 50 heavy (non-hydrogen) atoms. The molecule has 1 atom stereocenters. The molecule has 1 aliphatic heterocycles. The van der Waals surface area contributed by atoms with E-state index in [1.165, 1.54) is 0 Å². The lowest BCUT2D eigenvalue weighted by Crippen LogP contribution is -2.41. The van der Waals surface area contributed by atoms with E-state index in [0.717, 1.165) is 28.8 Å². The van der Waals surface area contributed by atoms with Gasteiger partial charge in [0.2, 0.25) is 0 Å². The van der Waals surface area contributed by atoms with Crippen molar-refractivity contribution in [2.45, 2.75) is 57.0 Å². The first-order valence-corrected chi connectivity index (χ1v) is 18.7. The third-order valence-corrected chi connectivity index (χ3v) is 9.83. The van der Waals surface area contributed by atoms with Gasteiger partial charge in [-0.05, 0) is 48.5 Å². The molecular formula is C31H27ClF8N4O5Si. The standard InChI is InChI=1S/C31H27ClF8N4O5Si/c1-50(2,3)7-6-49-14-44-25-22(43(28(44)47)13-29(35,36)37)12-21(41-26(45)15-8-16(31(38,39)40)10-18(34)9-15)24-23(25)27(46)42-30(24,48)19-11-17(33)4-5-20(19)32/h4-5,8-12,48H,6-7,13-14H2,1-3H3,(H,41,45)(H,42,46). The number of nitrogens with one attached hydrogen (secondary N) is 2. The Labute approximate surface area is 283 Å². The molecule has 0 saturated carbocycles. The van der Waals surface area contributed by atoms with Gasteiger partial charge in [-0.3, -0.25) is 18.7 Å². The normalized spacial score (nSPS) is 16.5. The van der Waals surface area contributed by atoms with E-state index in [0.29, 0.717) is 18.2 Å². The van der Waals surface area contributed by atoms with Crippen molar-refractivity contribution in [3.05, 3.63) is 97.4 Å². The zero-order valence-corrected chi connectivity index (χ0v) is 28.0. The maximum absolute atomic E-state index is 14.5. The van der Waals surface area contributed by atoms with Crippen LogP contribution in [0.3, 0.4) is 0 Å². The summed E-state index contributed by atoms with van der Waals surface area (Å²) in [7, 11) is -1.69. The molecule has 2 amide bonds. The first-order chi connectivity index (χ1) is 23.0. The fourth-order valence-electron chi connectivity index (χ4n) is 5.51. The number of carbonyl (C=O) groups excluding carboxylic acids is 2. The van der Waals surface area contributed by atoms with Crippen molar-refractivity contribution in [2.24, 2.45) is 0 Å². The Morgan fingerprint density at radius 2 is 1.68 bits per heavy atom. The van der Waals surface area contributed by atoms with Gasteiger partial charge in [0, 0.05) is 36.4 Å². The molecule has 4 aromatic rings. The highest BCUT2D eigenvalue weighted by atomic mass is 35.5. The Bertz CT molecular complexity index is 2090. The van der Waals surface area contributed by atoms with Crippen LogP contribution in [-0.2, 0) is 29.9 Å². The lowest BCUT2D eigenvalue weighted by atomic mass is 9.91. The van der Waals surface area contributed by atoms with Crippen LogP contribution in [0.25, 0.3) is 11.0 Å². The van der Waals surface area contributed by atoms with E-state index in [4.69, 9.17) is 16.3 Å². The third kappa shape index (κ3) is 7.28. The Morgan fingerprint density at radius 3 is 2.30 bits per heavy atom. The number of amides is 2. The zero-order valence-electron chi connectivity index (χ0n) is 26.2. The third-order valence-electron chi connectivity index (χ3n) is 7.79. The molecule has 3 aromatic carbocycles. The van der Waals surface area contributed by atoms with Crippen LogP contribution in [-0.4, -0.2) is 46.9 Å². The van der Waals surface area contributed by atoms with Crippen LogP contribution in [0.1, 0.15) is 37.4 Å². The summed E-state index contributed by atoms with van der Waals surface area (Å²) in [5.74, 6) is -5.09. The zero-order chi connectivity index (χ0) is 37.1. The fourth-order valence-corrected chi connectivity index (χ4v) is 6.52. The molecule has 0 saturated heterocycles. The summed E-state index contributed by atoms with van der Waals surface area (Å²) >= 11 is 6.27. The summed E-state index contributed by atoms with van der Waals surface area (Å²) in [6.45, 7) is 3.62. The van der Waals surface area contributed by atoms with Crippen molar-refractivity contribution in [2.75, 3.05) is 11.9 Å². The number of benzene rings is 3. The maximum Gasteiger partial charge on any atom is 0.416 e. The molecule has 0 bridgehead atoms. The van der Waals surface area contributed by atoms with E-state index in [-0.39, 0.29) is 22.3 Å². The van der Waals surface area contributed by atoms with Crippen LogP contribution < -0.4 is 16.3 Å². The molecule has 0 fully saturated rings. The van der Waals surface area contributed by atoms with Crippen LogP contribution in [0.2, 0.25) is 30.7 Å². The summed E-state index contributed by atoms with van der Waals surface area (Å²) in [5, 5.41) is 16.0. The summed E-state index contributed by atoms with van der Waals surface area (Å²) in [6, 6.07) is 4.87. The summed E-state index contributed by atoms with van der Waals surface area (Å²) in [5.41, 5.74) is -10.2. The number of hydrogen-bond donors (Lipinski definition) is 3. The van der Waals surface area contributed by atoms with Crippen molar-refractivity contribution in [3.8, 4) is 0 Å². The molecule has 3 N–H and O–H groups in total. The van der Waals surface area contributed by atoms with E-state index in [1.54, 1.807) is 0 Å². The Morgan fingerprint density at radius 1 is 1.00 bits per heavy atom. The minimum Gasteiger partial charge on any atom is -0.363 e. The quantitative estimate of drug-likeness (QED) is 0.0988. The van der Waals surface area contributed by atoms with Crippen LogP contribution in [0.4, 0.5) is 40.8 Å². The molecule has 2 heterocycles. The number of ether oxygens (including phenoxy) is 1. The predicted molar refractivity (Wildman–Crippen MR) is 168 cm³/mol. The van der Waals surface area contributed by atoms with Gasteiger partial charge < -0.3 is 20.5 Å². The number of nitrogens with zero attached hydrogens (tertiary/aromatic N) is 2. The maximum atomic E-state index is 14.5. The second-order valence-electron chi connectivity index (χ2n) is 12.8. The second-order valence-corrected chi connectivity index (χ2v) is 18.8. The van der Waals surface area contributed by atoms with Crippen LogP contribution in [0, 0.1) is 11.6 Å². The molecule has 268 valence electrons. The highest BCUT2D eigenvalue weighted by Crippen LogP contribution is 2.45. The molecule has 0 radical (unpaired) electrons. The van der Waals surface area contributed by atoms with E-state index >= 15 is 0 Å². The Balaban J connectivity index is 1.80. The van der Waals surface area contributed by atoms with E-state index in [1.807, 2.05) is 19.6 Å². The largest absolute Gasteiger partial charge is 0.416 e. The highest BCUT2D eigenvalue weighted by Gasteiger charge is 2.49. The molecule has 0 spiro atoms. The average molecular weight is 751 g/mol. The predicted octanol–water partition coefficient (Wildman–Crippen LogP) is 6.82. The molecule has 1 aliphatic rings. The number of hydrogen-bond acceptors (Lipinski definition) is 5. The lowest BCUT2D eigenvalue weighted by molar-refractivity contribution is -0.140. The summed E-state index contributed by atoms with van der Waals surface area (Å²) < 4.78 is 117. The monoisotopic (exact) mass is 750 g/mol. The number of fused-ring (bicyclic) bond motifs is 3. The number of rotatable bonds is 9. The van der Waals surface area contributed by atoms with E-state index in [2.05, 4.69) is 10.6 Å². The minimum absolute atomic E-state index is 0.0903. The van der Waals surface area contributed by atoms with Crippen LogP contribution >= 0.6 is 11.6 Å². The topological polar surface area (TPSA) is 115 Å². The van der Waals surface area contributed by atoms with Gasteiger partial charge in [-0.2, -0.15) is 26.3 Å². The minimum atomic E-state index is -5.09. The second kappa shape index (κ2) is 12.8. The molecule has 5 rings (SSSR count). The molecule has 1 aromatic heterocycles. The Kier molecular flexibility index (Phi) is 9.48. The van der Waals surface area contributed by atoms with Crippen molar-refractivity contribution in [1.82, 2.24) is 14.5 Å². The average Bonchev–Trinajstić information content (AvgIpc) is 3.39. The lowest BCUT2D eigenvalue weighted by Gasteiger charge is -2.27. The fraction of sp³-hybridized carbons (Fsp3) is 0.323. The van der Waals surface area contributed by atoms with Crippen LogP contribution in [0.5, 0.6) is 0 Å². The SMILES string of the molecule is C[Si](C)(C)CCOCn1c(=O)n(CC(F)(F)F)c2cc(NC(=O)c3cc(F)cc(C(F)(F)F)c3)c3c(c21)C(=O)NC3(O)c1cc(F)ccc1Cl. The van der Waals surface area contributed by atoms with E-state index < -0.39 is 113 Å². The first kappa shape index (κ1) is 37.0. The molecular weight excluding hydrogens is 724 g/mol. The van der Waals surface area contributed by atoms with Gasteiger partial charge in [-0.25, -0.2) is 13.6 Å². The summed E-state index contributed by atoms with van der Waals surface area (Å²) in [4.78, 5) is 40.7. The van der Waals surface area contributed by atoms with Gasteiger partial charge in [0.1, 0.15) is 24.9 Å². The van der Waals surface area contributed by atoms with Gasteiger partial charge in [0.05, 0.1) is 27.8 Å². The van der Waals surface area contributed by atoms with Gasteiger partial charge in [-0.1, -0.05) is 31.2 Å². The highest BCUT2D eigenvalue weighted by molar-refractivity contribution is 6.76.